The lowest BCUT2D eigenvalue weighted by molar-refractivity contribution is -0.140. The second kappa shape index (κ2) is 14.4. The fraction of sp³-hybridized carbons (Fsp3) is 0.367. The first kappa shape index (κ1) is 32.6. The molecule has 3 heterocycles. The standard InChI is InChI=1S/C24H20F3N5O4S.C6H12O/c1-3-28-23(35)32-19-8-13(21-31-18(11-37-21)24(25,26)27)15(9-30-19)12-5-6-17-14(7-12)20(33)16(10-29-17)22(34)36-4-2;7-6-4-2-1-3-5-6/h5-11H,3-4H2,1-2H3,(H,29,33)(H2,28,30,32,35);6-7H,1-5H2. The van der Waals surface area contributed by atoms with Crippen molar-refractivity contribution in [1.82, 2.24) is 20.3 Å². The highest BCUT2D eigenvalue weighted by Crippen LogP contribution is 2.38. The number of fused-ring (bicyclic) bond motifs is 1. The number of rotatable bonds is 6. The van der Waals surface area contributed by atoms with E-state index in [1.165, 1.54) is 43.8 Å². The SMILES string of the molecule is CCNC(=O)Nc1cc(-c2nc(C(F)(F)F)cs2)c(-c2ccc3[nH]cc(C(=O)OCC)c(=O)c3c2)cn1.OC1CCCCC1. The van der Waals surface area contributed by atoms with Crippen molar-refractivity contribution in [2.45, 2.75) is 58.2 Å². The molecule has 10 nitrogen and oxygen atoms in total. The summed E-state index contributed by atoms with van der Waals surface area (Å²) in [7, 11) is 0. The Hall–Kier alpha value is -4.30. The topological polar surface area (TPSA) is 146 Å². The highest BCUT2D eigenvalue weighted by molar-refractivity contribution is 7.13. The van der Waals surface area contributed by atoms with Gasteiger partial charge in [-0.1, -0.05) is 25.3 Å². The quantitative estimate of drug-likeness (QED) is 0.181. The van der Waals surface area contributed by atoms with Crippen LogP contribution in [0.25, 0.3) is 32.6 Å². The van der Waals surface area contributed by atoms with Crippen molar-refractivity contribution < 1.29 is 32.6 Å². The van der Waals surface area contributed by atoms with Crippen LogP contribution in [0.2, 0.25) is 0 Å². The van der Waals surface area contributed by atoms with Crippen LogP contribution in [-0.2, 0) is 10.9 Å². The van der Waals surface area contributed by atoms with Gasteiger partial charge in [0.05, 0.1) is 12.7 Å². The Morgan fingerprint density at radius 3 is 2.50 bits per heavy atom. The molecule has 2 amide bonds. The van der Waals surface area contributed by atoms with E-state index in [4.69, 9.17) is 9.84 Å². The maximum Gasteiger partial charge on any atom is 0.434 e. The van der Waals surface area contributed by atoms with Crippen molar-refractivity contribution in [2.75, 3.05) is 18.5 Å². The Kier molecular flexibility index (Phi) is 10.7. The molecule has 44 heavy (non-hydrogen) atoms. The number of halogens is 3. The minimum Gasteiger partial charge on any atom is -0.462 e. The molecule has 0 atom stereocenters. The van der Waals surface area contributed by atoms with E-state index in [2.05, 4.69) is 25.6 Å². The number of urea groups is 1. The van der Waals surface area contributed by atoms with Crippen molar-refractivity contribution in [3.05, 3.63) is 63.5 Å². The first-order chi connectivity index (χ1) is 21.0. The molecule has 0 radical (unpaired) electrons. The summed E-state index contributed by atoms with van der Waals surface area (Å²) in [5.74, 6) is -0.682. The molecule has 4 aromatic rings. The number of carbonyl (C=O) groups excluding carboxylic acids is 2. The van der Waals surface area contributed by atoms with Crippen molar-refractivity contribution >= 4 is 40.1 Å². The number of carbonyl (C=O) groups is 2. The van der Waals surface area contributed by atoms with E-state index < -0.39 is 29.3 Å². The molecule has 0 unspecified atom stereocenters. The maximum absolute atomic E-state index is 13.2. The van der Waals surface area contributed by atoms with Gasteiger partial charge in [0.1, 0.15) is 16.4 Å². The highest BCUT2D eigenvalue weighted by atomic mass is 32.1. The Morgan fingerprint density at radius 1 is 1.14 bits per heavy atom. The third kappa shape index (κ3) is 7.99. The van der Waals surface area contributed by atoms with E-state index in [-0.39, 0.29) is 40.0 Å². The summed E-state index contributed by atoms with van der Waals surface area (Å²) in [6.45, 7) is 3.80. The monoisotopic (exact) mass is 631 g/mol. The summed E-state index contributed by atoms with van der Waals surface area (Å²) in [6, 6.07) is 5.64. The number of aromatic nitrogens is 3. The average Bonchev–Trinajstić information content (AvgIpc) is 3.50. The van der Waals surface area contributed by atoms with Gasteiger partial charge in [0, 0.05) is 46.3 Å². The molecule has 0 saturated heterocycles. The first-order valence-electron chi connectivity index (χ1n) is 14.1. The predicted octanol–water partition coefficient (Wildman–Crippen LogP) is 6.36. The number of amides is 2. The Balaban J connectivity index is 0.000000555. The largest absolute Gasteiger partial charge is 0.462 e. The average molecular weight is 632 g/mol. The number of aromatic amines is 1. The summed E-state index contributed by atoms with van der Waals surface area (Å²) in [5, 5.41) is 15.1. The first-order valence-corrected chi connectivity index (χ1v) is 15.0. The van der Waals surface area contributed by atoms with E-state index in [1.807, 2.05) is 0 Å². The van der Waals surface area contributed by atoms with Crippen LogP contribution in [0, 0.1) is 0 Å². The predicted molar refractivity (Wildman–Crippen MR) is 162 cm³/mol. The lowest BCUT2D eigenvalue weighted by atomic mass is 9.98. The number of alkyl halides is 3. The van der Waals surface area contributed by atoms with Crippen molar-refractivity contribution in [1.29, 1.82) is 0 Å². The lowest BCUT2D eigenvalue weighted by Gasteiger charge is -2.14. The maximum atomic E-state index is 13.2. The highest BCUT2D eigenvalue weighted by Gasteiger charge is 2.34. The number of aliphatic hydroxyl groups excluding tert-OH is 1. The van der Waals surface area contributed by atoms with Crippen molar-refractivity contribution in [2.24, 2.45) is 0 Å². The van der Waals surface area contributed by atoms with Crippen molar-refractivity contribution in [3.8, 4) is 21.7 Å². The van der Waals surface area contributed by atoms with E-state index in [1.54, 1.807) is 26.0 Å². The zero-order chi connectivity index (χ0) is 31.9. The van der Waals surface area contributed by atoms with Gasteiger partial charge in [0.15, 0.2) is 5.69 Å². The third-order valence-electron chi connectivity index (χ3n) is 6.77. The van der Waals surface area contributed by atoms with Crippen LogP contribution >= 0.6 is 11.3 Å². The van der Waals surface area contributed by atoms with Gasteiger partial charge in [0.2, 0.25) is 5.43 Å². The minimum absolute atomic E-state index is 0.0359. The number of ether oxygens (including phenoxy) is 1. The van der Waals surface area contributed by atoms with Crippen LogP contribution in [0.15, 0.2) is 46.8 Å². The fourth-order valence-electron chi connectivity index (χ4n) is 4.61. The number of anilines is 1. The summed E-state index contributed by atoms with van der Waals surface area (Å²) in [6.07, 6.45) is 3.93. The van der Waals surface area contributed by atoms with E-state index in [0.29, 0.717) is 23.2 Å². The molecule has 1 aliphatic carbocycles. The van der Waals surface area contributed by atoms with Gasteiger partial charge in [-0.15, -0.1) is 11.3 Å². The normalized spacial score (nSPS) is 13.6. The fourth-order valence-corrected chi connectivity index (χ4v) is 5.46. The number of esters is 1. The van der Waals surface area contributed by atoms with Crippen molar-refractivity contribution in [3.63, 3.8) is 0 Å². The van der Waals surface area contributed by atoms with Crippen LogP contribution < -0.4 is 16.1 Å². The number of hydrogen-bond donors (Lipinski definition) is 4. The summed E-state index contributed by atoms with van der Waals surface area (Å²) >= 11 is 0.778. The number of pyridine rings is 2. The second-order valence-electron chi connectivity index (χ2n) is 9.94. The molecule has 4 N–H and O–H groups in total. The van der Waals surface area contributed by atoms with Crippen LogP contribution in [-0.4, -0.2) is 51.3 Å². The molecule has 234 valence electrons. The van der Waals surface area contributed by atoms with Gasteiger partial charge in [-0.3, -0.25) is 10.1 Å². The number of nitrogens with zero attached hydrogens (tertiary/aromatic N) is 2. The summed E-state index contributed by atoms with van der Waals surface area (Å²) in [4.78, 5) is 48.0. The molecule has 1 saturated carbocycles. The molecule has 0 spiro atoms. The molecular weight excluding hydrogens is 599 g/mol. The minimum atomic E-state index is -4.64. The van der Waals surface area contributed by atoms with Gasteiger partial charge in [-0.05, 0) is 50.5 Å². The lowest BCUT2D eigenvalue weighted by Crippen LogP contribution is -2.28. The van der Waals surface area contributed by atoms with Crippen LogP contribution in [0.4, 0.5) is 23.8 Å². The zero-order valence-electron chi connectivity index (χ0n) is 24.1. The van der Waals surface area contributed by atoms with E-state index >= 15 is 0 Å². The smallest absolute Gasteiger partial charge is 0.434 e. The molecule has 1 fully saturated rings. The number of hydrogen-bond acceptors (Lipinski definition) is 8. The van der Waals surface area contributed by atoms with E-state index in [0.717, 1.165) is 29.6 Å². The number of benzene rings is 1. The van der Waals surface area contributed by atoms with E-state index in [9.17, 15) is 27.6 Å². The molecule has 3 aromatic heterocycles. The second-order valence-corrected chi connectivity index (χ2v) is 10.8. The summed E-state index contributed by atoms with van der Waals surface area (Å²) in [5.41, 5.74) is -0.281. The molecule has 1 aromatic carbocycles. The Labute approximate surface area is 254 Å². The van der Waals surface area contributed by atoms with Gasteiger partial charge in [0.25, 0.3) is 0 Å². The molecule has 0 aliphatic heterocycles. The van der Waals surface area contributed by atoms with Crippen LogP contribution in [0.5, 0.6) is 0 Å². The Bertz CT molecular complexity index is 1680. The van der Waals surface area contributed by atoms with Gasteiger partial charge in [-0.25, -0.2) is 19.6 Å². The van der Waals surface area contributed by atoms with Gasteiger partial charge in [-0.2, -0.15) is 13.2 Å². The summed E-state index contributed by atoms with van der Waals surface area (Å²) < 4.78 is 44.7. The number of thiazole rings is 1. The zero-order valence-corrected chi connectivity index (χ0v) is 24.9. The Morgan fingerprint density at radius 2 is 1.89 bits per heavy atom. The molecule has 5 rings (SSSR count). The number of H-pyrrole nitrogens is 1. The molecule has 0 bridgehead atoms. The number of nitrogens with one attached hydrogen (secondary N) is 3. The molecule has 14 heteroatoms. The third-order valence-corrected chi connectivity index (χ3v) is 7.65. The van der Waals surface area contributed by atoms with Crippen LogP contribution in [0.1, 0.15) is 62.0 Å². The van der Waals surface area contributed by atoms with Gasteiger partial charge >= 0.3 is 18.2 Å². The molecule has 1 aliphatic rings. The van der Waals surface area contributed by atoms with Gasteiger partial charge < -0.3 is 20.1 Å². The molecular formula is C30H32F3N5O5S. The number of aliphatic hydroxyl groups is 1. The van der Waals surface area contributed by atoms with Crippen LogP contribution in [0.3, 0.4) is 0 Å².